The van der Waals surface area contributed by atoms with Gasteiger partial charge in [-0.1, -0.05) is 19.3 Å². The van der Waals surface area contributed by atoms with Gasteiger partial charge in [0.05, 0.1) is 13.2 Å². The van der Waals surface area contributed by atoms with E-state index in [1.807, 2.05) is 0 Å². The lowest BCUT2D eigenvalue weighted by Crippen LogP contribution is -2.51. The molecule has 1 saturated heterocycles. The summed E-state index contributed by atoms with van der Waals surface area (Å²) in [6.45, 7) is 8.82. The number of ether oxygens (including phenoxy) is 1. The number of nitrogens with zero attached hydrogens (tertiary/aromatic N) is 3. The summed E-state index contributed by atoms with van der Waals surface area (Å²) in [6, 6.07) is 0. The SMILES string of the molecule is CCNC(=NCC(=O)N(C)C)NCC1(CN2CCOCC2)CCCCC1.I. The Morgan fingerprint density at radius 2 is 1.81 bits per heavy atom. The van der Waals surface area contributed by atoms with Crippen LogP contribution in [0.4, 0.5) is 0 Å². The van der Waals surface area contributed by atoms with Crippen LogP contribution in [0.5, 0.6) is 0 Å². The van der Waals surface area contributed by atoms with Gasteiger partial charge in [-0.25, -0.2) is 4.99 Å². The first-order valence-electron chi connectivity index (χ1n) is 10.1. The lowest BCUT2D eigenvalue weighted by molar-refractivity contribution is -0.127. The third-order valence-corrected chi connectivity index (χ3v) is 5.42. The number of morpholine rings is 1. The van der Waals surface area contributed by atoms with Crippen LogP contribution in [0, 0.1) is 5.41 Å². The van der Waals surface area contributed by atoms with Gasteiger partial charge in [0.25, 0.3) is 0 Å². The lowest BCUT2D eigenvalue weighted by atomic mass is 9.73. The van der Waals surface area contributed by atoms with Crippen LogP contribution in [0.3, 0.4) is 0 Å². The van der Waals surface area contributed by atoms with Crippen molar-refractivity contribution in [1.82, 2.24) is 20.4 Å². The molecular weight excluding hydrogens is 457 g/mol. The summed E-state index contributed by atoms with van der Waals surface area (Å²) in [5.74, 6) is 0.762. The number of amides is 1. The number of rotatable bonds is 7. The van der Waals surface area contributed by atoms with Crippen LogP contribution in [-0.2, 0) is 9.53 Å². The van der Waals surface area contributed by atoms with E-state index in [2.05, 4.69) is 27.4 Å². The lowest BCUT2D eigenvalue weighted by Gasteiger charge is -2.42. The molecule has 1 saturated carbocycles. The second kappa shape index (κ2) is 12.8. The zero-order chi connectivity index (χ0) is 18.8. The van der Waals surface area contributed by atoms with E-state index in [1.54, 1.807) is 19.0 Å². The zero-order valence-electron chi connectivity index (χ0n) is 17.3. The van der Waals surface area contributed by atoms with Crippen LogP contribution in [0.15, 0.2) is 4.99 Å². The molecule has 27 heavy (non-hydrogen) atoms. The van der Waals surface area contributed by atoms with Crippen molar-refractivity contribution < 1.29 is 9.53 Å². The summed E-state index contributed by atoms with van der Waals surface area (Å²) in [6.07, 6.45) is 6.47. The predicted octanol–water partition coefficient (Wildman–Crippen LogP) is 1.53. The topological polar surface area (TPSA) is 69.2 Å². The van der Waals surface area contributed by atoms with Crippen molar-refractivity contribution in [2.45, 2.75) is 39.0 Å². The summed E-state index contributed by atoms with van der Waals surface area (Å²) in [7, 11) is 3.52. The molecule has 2 aliphatic rings. The summed E-state index contributed by atoms with van der Waals surface area (Å²) in [5.41, 5.74) is 0.289. The normalized spacial score (nSPS) is 20.5. The summed E-state index contributed by atoms with van der Waals surface area (Å²) in [5, 5.41) is 6.80. The maximum Gasteiger partial charge on any atom is 0.243 e. The van der Waals surface area contributed by atoms with Gasteiger partial charge in [0.1, 0.15) is 6.54 Å². The van der Waals surface area contributed by atoms with E-state index in [1.165, 1.54) is 32.1 Å². The molecule has 2 N–H and O–H groups in total. The van der Waals surface area contributed by atoms with Crippen LogP contribution in [-0.4, -0.2) is 88.2 Å². The fourth-order valence-electron chi connectivity index (χ4n) is 3.83. The molecule has 7 nitrogen and oxygen atoms in total. The summed E-state index contributed by atoms with van der Waals surface area (Å²) >= 11 is 0. The molecule has 8 heteroatoms. The van der Waals surface area contributed by atoms with Gasteiger partial charge in [0.2, 0.25) is 5.91 Å². The largest absolute Gasteiger partial charge is 0.379 e. The molecule has 2 rings (SSSR count). The average Bonchev–Trinajstić information content (AvgIpc) is 2.65. The molecule has 0 radical (unpaired) electrons. The maximum absolute atomic E-state index is 11.8. The molecule has 2 fully saturated rings. The number of guanidine groups is 1. The zero-order valence-corrected chi connectivity index (χ0v) is 19.6. The molecule has 0 spiro atoms. The highest BCUT2D eigenvalue weighted by molar-refractivity contribution is 14.0. The van der Waals surface area contributed by atoms with Gasteiger partial charge >= 0.3 is 0 Å². The first kappa shape index (κ1) is 24.4. The van der Waals surface area contributed by atoms with Crippen molar-refractivity contribution in [1.29, 1.82) is 0 Å². The highest BCUT2D eigenvalue weighted by Crippen LogP contribution is 2.36. The molecule has 1 amide bonds. The van der Waals surface area contributed by atoms with Gasteiger partial charge in [0.15, 0.2) is 5.96 Å². The van der Waals surface area contributed by atoms with Crippen LogP contribution in [0.25, 0.3) is 0 Å². The van der Waals surface area contributed by atoms with Crippen LogP contribution in [0.2, 0.25) is 0 Å². The van der Waals surface area contributed by atoms with E-state index < -0.39 is 0 Å². The molecule has 0 aromatic carbocycles. The Morgan fingerprint density at radius 1 is 1.15 bits per heavy atom. The highest BCUT2D eigenvalue weighted by Gasteiger charge is 2.34. The third kappa shape index (κ3) is 8.51. The first-order valence-corrected chi connectivity index (χ1v) is 10.1. The molecule has 158 valence electrons. The highest BCUT2D eigenvalue weighted by atomic mass is 127. The number of carbonyl (C=O) groups excluding carboxylic acids is 1. The number of carbonyl (C=O) groups is 1. The molecule has 0 aromatic heterocycles. The molecular formula is C19H38IN5O2. The Bertz CT molecular complexity index is 461. The standard InChI is InChI=1S/C19H37N5O2.HI/c1-4-20-18(21-14-17(25)23(2)3)22-15-19(8-6-5-7-9-19)16-24-10-12-26-13-11-24;/h4-16H2,1-3H3,(H2,20,21,22);1H. The van der Waals surface area contributed by atoms with Crippen LogP contribution in [0.1, 0.15) is 39.0 Å². The number of likely N-dealkylation sites (N-methyl/N-ethyl adjacent to an activating group) is 1. The Morgan fingerprint density at radius 3 is 2.41 bits per heavy atom. The van der Waals surface area contributed by atoms with Gasteiger partial charge < -0.3 is 20.3 Å². The number of nitrogens with one attached hydrogen (secondary N) is 2. The van der Waals surface area contributed by atoms with Crippen molar-refractivity contribution in [3.8, 4) is 0 Å². The molecule has 0 bridgehead atoms. The smallest absolute Gasteiger partial charge is 0.243 e. The number of halogens is 1. The van der Waals surface area contributed by atoms with Gasteiger partial charge in [0, 0.05) is 52.2 Å². The minimum Gasteiger partial charge on any atom is -0.379 e. The van der Waals surface area contributed by atoms with Gasteiger partial charge in [-0.3, -0.25) is 9.69 Å². The molecule has 0 aromatic rings. The number of hydrogen-bond donors (Lipinski definition) is 2. The molecule has 0 unspecified atom stereocenters. The average molecular weight is 495 g/mol. The molecule has 1 aliphatic carbocycles. The van der Waals surface area contributed by atoms with E-state index in [4.69, 9.17) is 4.74 Å². The van der Waals surface area contributed by atoms with E-state index in [-0.39, 0.29) is 41.8 Å². The van der Waals surface area contributed by atoms with Crippen molar-refractivity contribution in [3.63, 3.8) is 0 Å². The quantitative estimate of drug-likeness (QED) is 0.319. The van der Waals surface area contributed by atoms with E-state index in [0.717, 1.165) is 51.9 Å². The van der Waals surface area contributed by atoms with Crippen molar-refractivity contribution in [3.05, 3.63) is 0 Å². The molecule has 1 heterocycles. The van der Waals surface area contributed by atoms with Crippen LogP contribution < -0.4 is 10.6 Å². The van der Waals surface area contributed by atoms with Crippen molar-refractivity contribution >= 4 is 35.8 Å². The van der Waals surface area contributed by atoms with Crippen LogP contribution >= 0.6 is 24.0 Å². The fraction of sp³-hybridized carbons (Fsp3) is 0.895. The second-order valence-corrected chi connectivity index (χ2v) is 7.79. The number of aliphatic imine (C=N–C) groups is 1. The minimum atomic E-state index is 0. The van der Waals surface area contributed by atoms with E-state index in [0.29, 0.717) is 0 Å². The van der Waals surface area contributed by atoms with Crippen molar-refractivity contribution in [2.24, 2.45) is 10.4 Å². The fourth-order valence-corrected chi connectivity index (χ4v) is 3.83. The minimum absolute atomic E-state index is 0. The van der Waals surface area contributed by atoms with E-state index in [9.17, 15) is 4.79 Å². The maximum atomic E-state index is 11.8. The van der Waals surface area contributed by atoms with Crippen molar-refractivity contribution in [2.75, 3.05) is 66.6 Å². The second-order valence-electron chi connectivity index (χ2n) is 7.79. The van der Waals surface area contributed by atoms with Gasteiger partial charge in [-0.15, -0.1) is 24.0 Å². The summed E-state index contributed by atoms with van der Waals surface area (Å²) < 4.78 is 5.50. The predicted molar refractivity (Wildman–Crippen MR) is 121 cm³/mol. The Kier molecular flexibility index (Phi) is 11.6. The van der Waals surface area contributed by atoms with Gasteiger partial charge in [-0.2, -0.15) is 0 Å². The molecule has 0 atom stereocenters. The summed E-state index contributed by atoms with van der Waals surface area (Å²) in [4.78, 5) is 20.4. The Hall–Kier alpha value is -0.610. The molecule has 1 aliphatic heterocycles. The Labute approximate surface area is 181 Å². The monoisotopic (exact) mass is 495 g/mol. The first-order chi connectivity index (χ1) is 12.5. The van der Waals surface area contributed by atoms with E-state index >= 15 is 0 Å². The Balaban J connectivity index is 0.00000364. The third-order valence-electron chi connectivity index (χ3n) is 5.42. The van der Waals surface area contributed by atoms with Gasteiger partial charge in [-0.05, 0) is 19.8 Å². The number of hydrogen-bond acceptors (Lipinski definition) is 4.